The molecule has 0 unspecified atom stereocenters. The fraction of sp³-hybridized carbons (Fsp3) is 0.417. The number of rotatable bonds is 17. The molecule has 0 aliphatic carbocycles. The molecule has 3 aromatic carbocycles. The largest absolute Gasteiger partial charge is 0.506 e. The van der Waals surface area contributed by atoms with Gasteiger partial charge in [-0.1, -0.05) is 48.5 Å². The van der Waals surface area contributed by atoms with Crippen molar-refractivity contribution in [1.82, 2.24) is 25.4 Å². The van der Waals surface area contributed by atoms with Crippen LogP contribution in [0.4, 0.5) is 4.79 Å². The van der Waals surface area contributed by atoms with Gasteiger partial charge < -0.3 is 49.4 Å². The number of phenols is 1. The van der Waals surface area contributed by atoms with Gasteiger partial charge in [-0.15, -0.1) is 0 Å². The first kappa shape index (κ1) is 43.5. The molecule has 9 rings (SSSR count). The van der Waals surface area contributed by atoms with Crippen LogP contribution in [0.15, 0.2) is 100 Å². The number of furan rings is 1. The predicted molar refractivity (Wildman–Crippen MR) is 233 cm³/mol. The van der Waals surface area contributed by atoms with Gasteiger partial charge in [0.1, 0.15) is 30.0 Å². The summed E-state index contributed by atoms with van der Waals surface area (Å²) < 4.78 is 23.6. The van der Waals surface area contributed by atoms with Crippen molar-refractivity contribution in [2.24, 2.45) is 11.8 Å². The van der Waals surface area contributed by atoms with Gasteiger partial charge in [-0.2, -0.15) is 0 Å². The lowest BCUT2D eigenvalue weighted by atomic mass is 9.86. The summed E-state index contributed by atoms with van der Waals surface area (Å²) in [5.74, 6) is 0.801. The van der Waals surface area contributed by atoms with Crippen molar-refractivity contribution in [3.63, 3.8) is 0 Å². The fourth-order valence-electron chi connectivity index (χ4n) is 8.86. The van der Waals surface area contributed by atoms with Crippen molar-refractivity contribution < 1.29 is 43.2 Å². The van der Waals surface area contributed by atoms with Crippen LogP contribution in [0, 0.1) is 11.8 Å². The summed E-state index contributed by atoms with van der Waals surface area (Å²) in [6, 6.07) is 26.2. The third kappa shape index (κ3) is 10.9. The molecule has 4 fully saturated rings. The summed E-state index contributed by atoms with van der Waals surface area (Å²) in [5.41, 5.74) is 2.28. The van der Waals surface area contributed by atoms with Crippen LogP contribution in [-0.2, 0) is 20.9 Å². The molecule has 0 radical (unpaired) electrons. The Morgan fingerprint density at radius 3 is 2.44 bits per heavy atom. The molecular weight excluding hydrogens is 807 g/mol. The van der Waals surface area contributed by atoms with Crippen LogP contribution in [0.1, 0.15) is 83.7 Å². The van der Waals surface area contributed by atoms with Crippen molar-refractivity contribution in [2.75, 3.05) is 52.4 Å². The number of nitrogens with zero attached hydrogens (tertiary/aromatic N) is 2. The highest BCUT2D eigenvalue weighted by Crippen LogP contribution is 2.32. The molecular formula is C48H55N5O10. The van der Waals surface area contributed by atoms with E-state index in [1.165, 1.54) is 12.1 Å². The highest BCUT2D eigenvalue weighted by molar-refractivity contribution is 5.91. The Morgan fingerprint density at radius 2 is 1.67 bits per heavy atom. The zero-order chi connectivity index (χ0) is 43.7. The number of unbranched alkanes of at least 4 members (excludes halogenated alkanes) is 1. The third-order valence-electron chi connectivity index (χ3n) is 12.4. The maximum absolute atomic E-state index is 13.4. The number of esters is 1. The molecule has 2 amide bonds. The Labute approximate surface area is 365 Å². The average Bonchev–Trinajstić information content (AvgIpc) is 3.80. The Bertz CT molecular complexity index is 2400. The average molecular weight is 862 g/mol. The van der Waals surface area contributed by atoms with Crippen LogP contribution in [-0.4, -0.2) is 101 Å². The number of carbonyl (C=O) groups excluding carboxylic acids is 3. The molecule has 2 aromatic heterocycles. The molecule has 15 nitrogen and oxygen atoms in total. The van der Waals surface area contributed by atoms with Crippen molar-refractivity contribution in [3.8, 4) is 11.5 Å². The van der Waals surface area contributed by atoms with Gasteiger partial charge in [-0.3, -0.25) is 19.3 Å². The first-order valence-corrected chi connectivity index (χ1v) is 21.9. The number of aliphatic hydroxyl groups excluding tert-OH is 1. The number of aromatic nitrogens is 1. The van der Waals surface area contributed by atoms with E-state index in [-0.39, 0.29) is 66.2 Å². The predicted octanol–water partition coefficient (Wildman–Crippen LogP) is 5.81. The number of nitrogens with one attached hydrogen (secondary N) is 3. The molecule has 4 saturated heterocycles. The molecule has 4 aliphatic rings. The number of hydrogen-bond acceptors (Lipinski definition) is 12. The summed E-state index contributed by atoms with van der Waals surface area (Å²) >= 11 is 0. The van der Waals surface area contributed by atoms with Gasteiger partial charge in [-0.05, 0) is 117 Å². The van der Waals surface area contributed by atoms with Gasteiger partial charge in [0, 0.05) is 37.6 Å². The quantitative estimate of drug-likeness (QED) is 0.0557. The molecule has 332 valence electrons. The molecule has 6 heterocycles. The molecule has 15 heteroatoms. The van der Waals surface area contributed by atoms with Gasteiger partial charge in [-0.25, -0.2) is 4.79 Å². The zero-order valence-electron chi connectivity index (χ0n) is 35.2. The molecule has 5 aromatic rings. The molecule has 3 atom stereocenters. The smallest absolute Gasteiger partial charge is 0.408 e. The number of H-pyrrole nitrogens is 1. The number of amides is 2. The highest BCUT2D eigenvalue weighted by atomic mass is 16.6. The number of piperidine rings is 4. The number of aliphatic hydroxyl groups is 1. The topological polar surface area (TPSA) is 196 Å². The molecule has 5 N–H and O–H groups in total. The maximum Gasteiger partial charge on any atom is 0.408 e. The summed E-state index contributed by atoms with van der Waals surface area (Å²) in [6.45, 7) is 4.95. The number of likely N-dealkylation sites (tertiary alicyclic amines) is 1. The number of alkyl carbamates (subject to hydrolysis) is 1. The van der Waals surface area contributed by atoms with E-state index in [0.717, 1.165) is 50.0 Å². The fourth-order valence-corrected chi connectivity index (χ4v) is 8.86. The lowest BCUT2D eigenvalue weighted by Gasteiger charge is -2.43. The van der Waals surface area contributed by atoms with E-state index >= 15 is 0 Å². The summed E-state index contributed by atoms with van der Waals surface area (Å²) in [7, 11) is 0. The number of benzene rings is 3. The lowest BCUT2D eigenvalue weighted by molar-refractivity contribution is -0.150. The second-order valence-electron chi connectivity index (χ2n) is 16.6. The van der Waals surface area contributed by atoms with Gasteiger partial charge in [0.2, 0.25) is 5.56 Å². The van der Waals surface area contributed by atoms with Crippen LogP contribution in [0.25, 0.3) is 10.9 Å². The van der Waals surface area contributed by atoms with E-state index in [9.17, 15) is 29.4 Å². The van der Waals surface area contributed by atoms with E-state index in [2.05, 4.69) is 20.5 Å². The van der Waals surface area contributed by atoms with Crippen LogP contribution >= 0.6 is 0 Å². The van der Waals surface area contributed by atoms with Crippen molar-refractivity contribution >= 4 is 28.9 Å². The third-order valence-corrected chi connectivity index (χ3v) is 12.4. The molecule has 0 saturated carbocycles. The number of hydrogen-bond donors (Lipinski definition) is 5. The molecule has 63 heavy (non-hydrogen) atoms. The van der Waals surface area contributed by atoms with Gasteiger partial charge in [0.25, 0.3) is 5.91 Å². The Kier molecular flexibility index (Phi) is 14.0. The Hall–Kier alpha value is -6.16. The molecule has 2 bridgehead atoms. The van der Waals surface area contributed by atoms with E-state index in [0.29, 0.717) is 67.3 Å². The second kappa shape index (κ2) is 20.4. The minimum absolute atomic E-state index is 0.0609. The SMILES string of the molecule is O=C(N[C@@H](c1ccccc1)c1cccc(OCc2ccc(C(=O)N3CCC(C(=O)OCCCCNC[C@H](O)c4ccc(O)c5[nH]c(=O)ccc45)CC3)o2)c1)O[C@H]1CN2CCC1CC2. The van der Waals surface area contributed by atoms with Crippen molar-refractivity contribution in [3.05, 3.63) is 130 Å². The van der Waals surface area contributed by atoms with E-state index in [1.807, 2.05) is 54.6 Å². The van der Waals surface area contributed by atoms with Crippen LogP contribution in [0.3, 0.4) is 0 Å². The van der Waals surface area contributed by atoms with Gasteiger partial charge >= 0.3 is 12.1 Å². The first-order valence-electron chi connectivity index (χ1n) is 21.9. The summed E-state index contributed by atoms with van der Waals surface area (Å²) in [5, 5.41) is 27.7. The minimum atomic E-state index is -0.851. The van der Waals surface area contributed by atoms with E-state index in [4.69, 9.17) is 18.6 Å². The summed E-state index contributed by atoms with van der Waals surface area (Å²) in [4.78, 5) is 57.8. The number of aromatic amines is 1. The zero-order valence-corrected chi connectivity index (χ0v) is 35.2. The minimum Gasteiger partial charge on any atom is -0.506 e. The number of phenolic OH excluding ortho intramolecular Hbond substituents is 1. The number of pyridine rings is 1. The highest BCUT2D eigenvalue weighted by Gasteiger charge is 2.37. The monoisotopic (exact) mass is 861 g/mol. The standard InChI is InChI=1S/C48H55N5O10/c54-39-14-12-37(38-13-16-43(56)50-45(38)39)40(55)28-49-21-4-5-26-60-47(58)33-19-24-53(25-20-33)46(57)41-15-11-36(62-41)30-61-35-10-6-9-34(27-35)44(32-7-2-1-3-8-32)51-48(59)63-42-29-52-22-17-31(42)18-23-52/h1-3,6-16,27,31,33,40,42,44,49,54-55H,4-5,17-26,28-30H2,(H,50,56)(H,51,59)/t40-,42-,44-/m0/s1. The normalized spacial score (nSPS) is 19.6. The van der Waals surface area contributed by atoms with Crippen molar-refractivity contribution in [2.45, 2.75) is 63.4 Å². The van der Waals surface area contributed by atoms with E-state index in [1.54, 1.807) is 29.2 Å². The lowest BCUT2D eigenvalue weighted by Crippen LogP contribution is -2.52. The van der Waals surface area contributed by atoms with Crippen LogP contribution in [0.2, 0.25) is 0 Å². The van der Waals surface area contributed by atoms with Gasteiger partial charge in [0.05, 0.1) is 30.2 Å². The van der Waals surface area contributed by atoms with E-state index < -0.39 is 18.2 Å². The Balaban J connectivity index is 0.745. The molecule has 0 spiro atoms. The van der Waals surface area contributed by atoms with Gasteiger partial charge in [0.15, 0.2) is 5.76 Å². The second-order valence-corrected chi connectivity index (χ2v) is 16.6. The maximum atomic E-state index is 13.4. The number of aromatic hydroxyl groups is 1. The number of ether oxygens (including phenoxy) is 3. The van der Waals surface area contributed by atoms with Crippen LogP contribution in [0.5, 0.6) is 11.5 Å². The van der Waals surface area contributed by atoms with Crippen molar-refractivity contribution in [1.29, 1.82) is 0 Å². The number of fused-ring (bicyclic) bond motifs is 4. The van der Waals surface area contributed by atoms with Crippen LogP contribution < -0.4 is 20.9 Å². The first-order chi connectivity index (χ1) is 30.7. The summed E-state index contributed by atoms with van der Waals surface area (Å²) in [6.07, 6.45) is 3.06. The number of carbonyl (C=O) groups is 3. The molecule has 4 aliphatic heterocycles. The Morgan fingerprint density at radius 1 is 0.873 bits per heavy atom.